The number of benzene rings is 4. The Morgan fingerprint density at radius 2 is 0.935 bits per heavy atom. The summed E-state index contributed by atoms with van der Waals surface area (Å²) in [6.45, 7) is 3.49. The molecule has 10 nitrogen and oxygen atoms in total. The minimum atomic E-state index is -1.31. The summed E-state index contributed by atoms with van der Waals surface area (Å²) in [5.41, 5.74) is 1.49. The number of rotatable bonds is 13. The number of ether oxygens (including phenoxy) is 3. The molecule has 4 aromatic carbocycles. The smallest absolute Gasteiger partial charge is 0.410 e. The molecule has 62 heavy (non-hydrogen) atoms. The van der Waals surface area contributed by atoms with Gasteiger partial charge in [-0.3, -0.25) is 9.59 Å². The van der Waals surface area contributed by atoms with Gasteiger partial charge in [0.25, 0.3) is 0 Å². The van der Waals surface area contributed by atoms with Crippen molar-refractivity contribution >= 4 is 24.1 Å². The number of carbonyl (C=O) groups excluding carboxylic acids is 3. The van der Waals surface area contributed by atoms with Crippen LogP contribution in [0, 0.1) is 58.6 Å². The van der Waals surface area contributed by atoms with Gasteiger partial charge >= 0.3 is 24.1 Å². The zero-order chi connectivity index (χ0) is 44.8. The second kappa shape index (κ2) is 22.7. The molecule has 2 saturated heterocycles. The number of hydrogen-bond acceptors (Lipinski definition) is 7. The van der Waals surface area contributed by atoms with Gasteiger partial charge in [0.05, 0.1) is 18.4 Å². The van der Waals surface area contributed by atoms with Gasteiger partial charge in [-0.1, -0.05) is 60.7 Å². The molecule has 16 heteroatoms. The van der Waals surface area contributed by atoms with E-state index in [1.165, 1.54) is 4.90 Å². The maximum Gasteiger partial charge on any atom is 0.410 e. The van der Waals surface area contributed by atoms with Crippen molar-refractivity contribution in [1.82, 2.24) is 9.80 Å². The fourth-order valence-corrected chi connectivity index (χ4v) is 7.65. The third-order valence-electron chi connectivity index (χ3n) is 11.1. The van der Waals surface area contributed by atoms with E-state index in [0.717, 1.165) is 17.2 Å². The van der Waals surface area contributed by atoms with E-state index in [9.17, 15) is 50.6 Å². The van der Waals surface area contributed by atoms with E-state index in [4.69, 9.17) is 14.2 Å². The highest BCUT2D eigenvalue weighted by Crippen LogP contribution is 2.32. The number of carboxylic acids is 1. The van der Waals surface area contributed by atoms with Gasteiger partial charge < -0.3 is 29.1 Å². The highest BCUT2D eigenvalue weighted by Gasteiger charge is 2.36. The molecule has 2 aliphatic heterocycles. The number of amides is 2. The highest BCUT2D eigenvalue weighted by atomic mass is 19.2. The van der Waals surface area contributed by atoms with Gasteiger partial charge in [0.1, 0.15) is 24.8 Å². The molecule has 2 heterocycles. The van der Waals surface area contributed by atoms with Crippen LogP contribution >= 0.6 is 0 Å². The fourth-order valence-electron chi connectivity index (χ4n) is 7.65. The topological polar surface area (TPSA) is 123 Å². The lowest BCUT2D eigenvalue weighted by molar-refractivity contribution is -0.150. The summed E-state index contributed by atoms with van der Waals surface area (Å²) < 4.78 is 97.4. The van der Waals surface area contributed by atoms with E-state index < -0.39 is 70.9 Å². The minimum Gasteiger partial charge on any atom is -0.481 e. The van der Waals surface area contributed by atoms with Crippen LogP contribution in [-0.2, 0) is 49.9 Å². The summed E-state index contributed by atoms with van der Waals surface area (Å²) in [7, 11) is 0. The third kappa shape index (κ3) is 13.2. The third-order valence-corrected chi connectivity index (χ3v) is 11.1. The Morgan fingerprint density at radius 1 is 0.565 bits per heavy atom. The summed E-state index contributed by atoms with van der Waals surface area (Å²) in [6.07, 6.45) is 0.477. The first kappa shape index (κ1) is 47.0. The van der Waals surface area contributed by atoms with Crippen molar-refractivity contribution in [2.24, 2.45) is 23.7 Å². The molecule has 2 amide bonds. The number of carbonyl (C=O) groups is 4. The molecule has 0 bridgehead atoms. The average Bonchev–Trinajstić information content (AvgIpc) is 3.27. The molecule has 4 aromatic rings. The second-order valence-corrected chi connectivity index (χ2v) is 15.2. The van der Waals surface area contributed by atoms with Gasteiger partial charge in [-0.25, -0.2) is 35.9 Å². The molecule has 332 valence electrons. The Hall–Kier alpha value is -6.06. The van der Waals surface area contributed by atoms with E-state index in [1.807, 2.05) is 60.7 Å². The normalized spacial score (nSPS) is 15.5. The maximum atomic E-state index is 14.2. The van der Waals surface area contributed by atoms with Crippen LogP contribution in [0.5, 0.6) is 0 Å². The van der Waals surface area contributed by atoms with Crippen molar-refractivity contribution in [3.63, 3.8) is 0 Å². The molecule has 6 rings (SSSR count). The Kier molecular flexibility index (Phi) is 17.2. The lowest BCUT2D eigenvalue weighted by atomic mass is 9.80. The van der Waals surface area contributed by atoms with Crippen LogP contribution in [0.15, 0.2) is 84.9 Å². The van der Waals surface area contributed by atoms with Gasteiger partial charge in [-0.15, -0.1) is 0 Å². The molecular weight excluding hydrogens is 822 g/mol. The van der Waals surface area contributed by atoms with Crippen LogP contribution < -0.4 is 0 Å². The first-order valence-corrected chi connectivity index (χ1v) is 20.3. The van der Waals surface area contributed by atoms with Crippen LogP contribution in [0.3, 0.4) is 0 Å². The van der Waals surface area contributed by atoms with E-state index in [0.29, 0.717) is 70.1 Å². The van der Waals surface area contributed by atoms with Crippen molar-refractivity contribution in [3.8, 4) is 0 Å². The van der Waals surface area contributed by atoms with E-state index in [2.05, 4.69) is 0 Å². The zero-order valence-electron chi connectivity index (χ0n) is 34.1. The number of esters is 1. The van der Waals surface area contributed by atoms with E-state index >= 15 is 0 Å². The molecule has 0 saturated carbocycles. The maximum absolute atomic E-state index is 14.2. The predicted molar refractivity (Wildman–Crippen MR) is 213 cm³/mol. The predicted octanol–water partition coefficient (Wildman–Crippen LogP) is 9.27. The van der Waals surface area contributed by atoms with Crippen LogP contribution in [0.2, 0.25) is 0 Å². The molecule has 0 radical (unpaired) electrons. The Balaban J connectivity index is 0.000000235. The summed E-state index contributed by atoms with van der Waals surface area (Å²) in [5.74, 6) is -10.7. The number of aliphatic carboxylic acids is 1. The van der Waals surface area contributed by atoms with Crippen molar-refractivity contribution in [1.29, 1.82) is 0 Å². The number of likely N-dealkylation sites (tertiary alicyclic amines) is 2. The number of halogens is 6. The Bertz CT molecular complexity index is 2130. The Labute approximate surface area is 355 Å². The van der Waals surface area contributed by atoms with Crippen molar-refractivity contribution in [2.75, 3.05) is 32.8 Å². The summed E-state index contributed by atoms with van der Waals surface area (Å²) in [6, 6.07) is 21.0. The second-order valence-electron chi connectivity index (χ2n) is 15.2. The van der Waals surface area contributed by atoms with E-state index in [-0.39, 0.29) is 55.6 Å². The summed E-state index contributed by atoms with van der Waals surface area (Å²) >= 11 is 0. The van der Waals surface area contributed by atoms with Crippen molar-refractivity contribution < 1.29 is 64.8 Å². The first-order chi connectivity index (χ1) is 29.7. The van der Waals surface area contributed by atoms with Crippen LogP contribution in [0.1, 0.15) is 54.9 Å². The lowest BCUT2D eigenvalue weighted by Crippen LogP contribution is -2.42. The number of carboxylic acid groups (broad SMARTS) is 1. The average molecular weight is 871 g/mol. The summed E-state index contributed by atoms with van der Waals surface area (Å²) in [4.78, 5) is 52.0. The molecule has 2 fully saturated rings. The summed E-state index contributed by atoms with van der Waals surface area (Å²) in [5, 5.41) is 9.59. The first-order valence-electron chi connectivity index (χ1n) is 20.3. The van der Waals surface area contributed by atoms with Gasteiger partial charge in [0.15, 0.2) is 23.3 Å². The standard InChI is InChI=1S/C24H26F3NO4.C22H22F3NO4/c1-2-31-23(29)19(12-18-13-21(26)22(27)14-20(18)25)17-8-10-28(11-9-17)24(30)32-15-16-6-4-3-5-7-16;23-18-12-20(25)19(24)11-16(18)10-17(21(27)28)15-6-8-26(9-7-15)22(29)30-13-14-4-2-1-3-5-14/h3-7,13-14,17,19H,2,8-12,15H2,1H3;1-5,11-12,15,17H,6-10,13H2,(H,27,28). The molecular formula is C46H48F6N2O8. The molecule has 0 aliphatic carbocycles. The van der Waals surface area contributed by atoms with Gasteiger partial charge in [0.2, 0.25) is 0 Å². The largest absolute Gasteiger partial charge is 0.481 e. The molecule has 0 spiro atoms. The molecule has 2 unspecified atom stereocenters. The molecule has 2 aliphatic rings. The molecule has 0 aromatic heterocycles. The number of nitrogens with zero attached hydrogens (tertiary/aromatic N) is 2. The lowest BCUT2D eigenvalue weighted by Gasteiger charge is -2.34. The van der Waals surface area contributed by atoms with Gasteiger partial charge in [-0.05, 0) is 91.7 Å². The fraction of sp³-hybridized carbons (Fsp3) is 0.391. The molecule has 2 atom stereocenters. The van der Waals surface area contributed by atoms with Crippen molar-refractivity contribution in [2.45, 2.75) is 58.7 Å². The van der Waals surface area contributed by atoms with Crippen LogP contribution in [0.25, 0.3) is 0 Å². The van der Waals surface area contributed by atoms with Crippen LogP contribution in [0.4, 0.5) is 35.9 Å². The number of piperidine rings is 2. The molecule has 1 N–H and O–H groups in total. The number of hydrogen-bond donors (Lipinski definition) is 1. The van der Waals surface area contributed by atoms with E-state index in [1.54, 1.807) is 11.8 Å². The quantitative estimate of drug-likeness (QED) is 0.0611. The Morgan fingerprint density at radius 3 is 1.32 bits per heavy atom. The zero-order valence-corrected chi connectivity index (χ0v) is 34.1. The SMILES string of the molecule is CCOC(=O)C(Cc1cc(F)c(F)cc1F)C1CCN(C(=O)OCc2ccccc2)CC1.O=C(O)C(Cc1cc(F)c(F)cc1F)C1CCN(C(=O)OCc2ccccc2)CC1. The van der Waals surface area contributed by atoms with Crippen molar-refractivity contribution in [3.05, 3.63) is 142 Å². The monoisotopic (exact) mass is 870 g/mol. The van der Waals surface area contributed by atoms with Gasteiger partial charge in [0, 0.05) is 38.3 Å². The minimum absolute atomic E-state index is 0.0772. The van der Waals surface area contributed by atoms with Crippen LogP contribution in [-0.4, -0.2) is 71.8 Å². The van der Waals surface area contributed by atoms with Gasteiger partial charge in [-0.2, -0.15) is 0 Å². The highest BCUT2D eigenvalue weighted by molar-refractivity contribution is 5.73.